The summed E-state index contributed by atoms with van der Waals surface area (Å²) >= 11 is 0. The second-order valence-corrected chi connectivity index (χ2v) is 13.8. The molecule has 0 aliphatic carbocycles. The van der Waals surface area contributed by atoms with Crippen LogP contribution in [0.4, 0.5) is 17.1 Å². The van der Waals surface area contributed by atoms with E-state index in [1.54, 1.807) is 0 Å². The van der Waals surface area contributed by atoms with Gasteiger partial charge in [0.05, 0.1) is 0 Å². The van der Waals surface area contributed by atoms with Gasteiger partial charge in [-0.2, -0.15) is 0 Å². The summed E-state index contributed by atoms with van der Waals surface area (Å²) in [6.07, 6.45) is 0. The van der Waals surface area contributed by atoms with E-state index in [2.05, 4.69) is 205 Å². The highest BCUT2D eigenvalue weighted by atomic mass is 16.3. The first kappa shape index (κ1) is 31.6. The van der Waals surface area contributed by atoms with Crippen molar-refractivity contribution in [1.29, 1.82) is 0 Å². The van der Waals surface area contributed by atoms with Crippen LogP contribution in [0.2, 0.25) is 0 Å². The van der Waals surface area contributed by atoms with E-state index >= 15 is 0 Å². The minimum absolute atomic E-state index is 0.869. The summed E-state index contributed by atoms with van der Waals surface area (Å²) in [5.74, 6) is 0. The molecule has 54 heavy (non-hydrogen) atoms. The van der Waals surface area contributed by atoms with E-state index in [4.69, 9.17) is 4.42 Å². The SMILES string of the molecule is c1ccc(-c2ccc(-c3cccc(N(c4ccc(-c5cccc(-c6ccc7ccccc7c6)c5)cc4)c4ccc5c(c4)oc4ccccc45)c3)cc2)cc1. The van der Waals surface area contributed by atoms with Gasteiger partial charge in [0.25, 0.3) is 0 Å². The van der Waals surface area contributed by atoms with Gasteiger partial charge in [0, 0.05) is 33.9 Å². The monoisotopic (exact) mass is 689 g/mol. The molecule has 0 saturated heterocycles. The van der Waals surface area contributed by atoms with Gasteiger partial charge in [0.2, 0.25) is 0 Å². The van der Waals surface area contributed by atoms with E-state index in [1.807, 2.05) is 12.1 Å². The third kappa shape index (κ3) is 5.90. The predicted molar refractivity (Wildman–Crippen MR) is 228 cm³/mol. The first-order valence-electron chi connectivity index (χ1n) is 18.4. The summed E-state index contributed by atoms with van der Waals surface area (Å²) in [6, 6.07) is 75.9. The number of para-hydroxylation sites is 1. The molecule has 0 aliphatic heterocycles. The average Bonchev–Trinajstić information content (AvgIpc) is 3.62. The number of nitrogens with zero attached hydrogens (tertiary/aromatic N) is 1. The predicted octanol–water partition coefficient (Wildman–Crippen LogP) is 14.9. The van der Waals surface area contributed by atoms with Crippen LogP contribution in [-0.2, 0) is 0 Å². The molecule has 0 atom stereocenters. The van der Waals surface area contributed by atoms with E-state index < -0.39 is 0 Å². The molecule has 0 bridgehead atoms. The standard InChI is InChI=1S/C52H35NO/c1-2-10-36(11-3-1)38-20-22-39(23-21-38)44-16-9-17-47(34-44)53(48-30-31-50-49-18-6-7-19-51(49)54-52(50)35-48)46-28-26-40(27-29-46)42-14-8-15-43(32-42)45-25-24-37-12-4-5-13-41(37)33-45/h1-35H. The van der Waals surface area contributed by atoms with Gasteiger partial charge >= 0.3 is 0 Å². The average molecular weight is 690 g/mol. The first-order valence-corrected chi connectivity index (χ1v) is 18.4. The van der Waals surface area contributed by atoms with Gasteiger partial charge in [-0.3, -0.25) is 0 Å². The maximum absolute atomic E-state index is 6.38. The molecule has 1 aromatic heterocycles. The largest absolute Gasteiger partial charge is 0.456 e. The lowest BCUT2D eigenvalue weighted by Gasteiger charge is -2.26. The minimum atomic E-state index is 0.869. The number of hydrogen-bond donors (Lipinski definition) is 0. The topological polar surface area (TPSA) is 16.4 Å². The highest BCUT2D eigenvalue weighted by molar-refractivity contribution is 6.06. The van der Waals surface area contributed by atoms with Crippen molar-refractivity contribution in [3.05, 3.63) is 212 Å². The molecule has 0 aliphatic rings. The van der Waals surface area contributed by atoms with Crippen molar-refractivity contribution in [3.8, 4) is 44.5 Å². The van der Waals surface area contributed by atoms with E-state index in [0.29, 0.717) is 0 Å². The molecular weight excluding hydrogens is 655 g/mol. The molecule has 10 rings (SSSR count). The van der Waals surface area contributed by atoms with Gasteiger partial charge in [0.1, 0.15) is 11.2 Å². The van der Waals surface area contributed by atoms with Crippen molar-refractivity contribution in [3.63, 3.8) is 0 Å². The molecule has 0 spiro atoms. The second kappa shape index (κ2) is 13.4. The third-order valence-corrected chi connectivity index (χ3v) is 10.5. The molecule has 0 radical (unpaired) electrons. The normalized spacial score (nSPS) is 11.3. The summed E-state index contributed by atoms with van der Waals surface area (Å²) in [6.45, 7) is 0. The van der Waals surface area contributed by atoms with Crippen molar-refractivity contribution in [1.82, 2.24) is 0 Å². The van der Waals surface area contributed by atoms with Crippen LogP contribution >= 0.6 is 0 Å². The number of furan rings is 1. The Kier molecular flexibility index (Phi) is 7.85. The fourth-order valence-electron chi connectivity index (χ4n) is 7.66. The molecule has 0 saturated carbocycles. The quantitative estimate of drug-likeness (QED) is 0.166. The molecule has 2 heteroatoms. The summed E-state index contributed by atoms with van der Waals surface area (Å²) in [5, 5.41) is 4.74. The Labute approximate surface area is 314 Å². The van der Waals surface area contributed by atoms with Crippen molar-refractivity contribution in [2.45, 2.75) is 0 Å². The second-order valence-electron chi connectivity index (χ2n) is 13.8. The Morgan fingerprint density at radius 1 is 0.259 bits per heavy atom. The van der Waals surface area contributed by atoms with Gasteiger partial charge in [0.15, 0.2) is 0 Å². The van der Waals surface area contributed by atoms with Crippen molar-refractivity contribution < 1.29 is 4.42 Å². The van der Waals surface area contributed by atoms with Crippen molar-refractivity contribution in [2.75, 3.05) is 4.90 Å². The Balaban J connectivity index is 1.03. The van der Waals surface area contributed by atoms with Crippen LogP contribution in [0.15, 0.2) is 217 Å². The van der Waals surface area contributed by atoms with Crippen molar-refractivity contribution in [2.24, 2.45) is 0 Å². The molecule has 0 unspecified atom stereocenters. The zero-order valence-electron chi connectivity index (χ0n) is 29.6. The lowest BCUT2D eigenvalue weighted by atomic mass is 9.97. The summed E-state index contributed by atoms with van der Waals surface area (Å²) in [7, 11) is 0. The third-order valence-electron chi connectivity index (χ3n) is 10.5. The van der Waals surface area contributed by atoms with E-state index in [0.717, 1.165) is 44.6 Å². The number of fused-ring (bicyclic) bond motifs is 4. The molecule has 0 amide bonds. The highest BCUT2D eigenvalue weighted by Crippen LogP contribution is 2.41. The summed E-state index contributed by atoms with van der Waals surface area (Å²) in [5.41, 5.74) is 14.5. The zero-order valence-corrected chi connectivity index (χ0v) is 29.6. The number of benzene rings is 9. The van der Waals surface area contributed by atoms with Crippen LogP contribution in [0.3, 0.4) is 0 Å². The Morgan fingerprint density at radius 3 is 1.56 bits per heavy atom. The van der Waals surface area contributed by atoms with Gasteiger partial charge in [-0.15, -0.1) is 0 Å². The van der Waals surface area contributed by atoms with Crippen LogP contribution in [0.5, 0.6) is 0 Å². The van der Waals surface area contributed by atoms with Gasteiger partial charge < -0.3 is 9.32 Å². The highest BCUT2D eigenvalue weighted by Gasteiger charge is 2.17. The van der Waals surface area contributed by atoms with Crippen LogP contribution in [0.1, 0.15) is 0 Å². The molecule has 9 aromatic carbocycles. The smallest absolute Gasteiger partial charge is 0.137 e. The van der Waals surface area contributed by atoms with Gasteiger partial charge in [-0.05, 0) is 110 Å². The van der Waals surface area contributed by atoms with E-state index in [1.165, 1.54) is 49.7 Å². The maximum Gasteiger partial charge on any atom is 0.137 e. The Hall–Kier alpha value is -7.16. The molecule has 0 N–H and O–H groups in total. The lowest BCUT2D eigenvalue weighted by Crippen LogP contribution is -2.10. The zero-order chi connectivity index (χ0) is 35.8. The van der Waals surface area contributed by atoms with E-state index in [-0.39, 0.29) is 0 Å². The summed E-state index contributed by atoms with van der Waals surface area (Å²) < 4.78 is 6.38. The Bertz CT molecular complexity index is 2920. The Morgan fingerprint density at radius 2 is 0.759 bits per heavy atom. The van der Waals surface area contributed by atoms with E-state index in [9.17, 15) is 0 Å². The number of anilines is 3. The maximum atomic E-state index is 6.38. The van der Waals surface area contributed by atoms with Gasteiger partial charge in [-0.1, -0.05) is 152 Å². The fourth-order valence-corrected chi connectivity index (χ4v) is 7.66. The van der Waals surface area contributed by atoms with Crippen molar-refractivity contribution >= 4 is 49.8 Å². The molecule has 254 valence electrons. The first-order chi connectivity index (χ1) is 26.7. The minimum Gasteiger partial charge on any atom is -0.456 e. The van der Waals surface area contributed by atoms with Gasteiger partial charge in [-0.25, -0.2) is 0 Å². The fraction of sp³-hybridized carbons (Fsp3) is 0. The van der Waals surface area contributed by atoms with Crippen LogP contribution < -0.4 is 4.90 Å². The molecule has 10 aromatic rings. The molecular formula is C52H35NO. The molecule has 0 fully saturated rings. The molecule has 2 nitrogen and oxygen atoms in total. The van der Waals surface area contributed by atoms with Crippen LogP contribution in [0.25, 0.3) is 77.2 Å². The molecule has 1 heterocycles. The number of hydrogen-bond acceptors (Lipinski definition) is 2. The number of rotatable bonds is 7. The van der Waals surface area contributed by atoms with Crippen LogP contribution in [0, 0.1) is 0 Å². The van der Waals surface area contributed by atoms with Crippen LogP contribution in [-0.4, -0.2) is 0 Å². The summed E-state index contributed by atoms with van der Waals surface area (Å²) in [4.78, 5) is 2.32. The lowest BCUT2D eigenvalue weighted by molar-refractivity contribution is 0.669.